The van der Waals surface area contributed by atoms with Gasteiger partial charge in [0.25, 0.3) is 0 Å². The van der Waals surface area contributed by atoms with E-state index in [0.717, 1.165) is 6.07 Å². The Kier molecular flexibility index (Phi) is 6.32. The molecule has 0 atom stereocenters. The predicted molar refractivity (Wildman–Crippen MR) is 74.6 cm³/mol. The smallest absolute Gasteiger partial charge is 0.744 e. The summed E-state index contributed by atoms with van der Waals surface area (Å²) in [5.74, 6) is -2.25. The van der Waals surface area contributed by atoms with E-state index in [-0.39, 0.29) is 46.9 Å². The Labute approximate surface area is 154 Å². The number of carbonyl (C=O) groups is 2. The van der Waals surface area contributed by atoms with E-state index in [1.165, 1.54) is 24.3 Å². The molecule has 0 saturated carbocycles. The quantitative estimate of drug-likeness (QED) is 0.473. The summed E-state index contributed by atoms with van der Waals surface area (Å²) in [5, 5.41) is 18.0. The Morgan fingerprint density at radius 1 is 0.957 bits per heavy atom. The van der Waals surface area contributed by atoms with Crippen LogP contribution in [-0.4, -0.2) is 35.1 Å². The second-order valence-corrected chi connectivity index (χ2v) is 6.09. The summed E-state index contributed by atoms with van der Waals surface area (Å²) in [7, 11) is -4.82. The van der Waals surface area contributed by atoms with Gasteiger partial charge in [-0.2, -0.15) is 0 Å². The number of carboxylic acids is 2. The normalized spacial score (nSPS) is 11.0. The Morgan fingerprint density at radius 2 is 1.52 bits per heavy atom. The molecule has 2 aromatic rings. The number of carboxylic acid groups (broad SMARTS) is 2. The van der Waals surface area contributed by atoms with Gasteiger partial charge in [-0.15, -0.1) is 0 Å². The maximum Gasteiger partial charge on any atom is 1.00 e. The van der Waals surface area contributed by atoms with Crippen molar-refractivity contribution in [2.24, 2.45) is 0 Å². The van der Waals surface area contributed by atoms with E-state index in [1.807, 2.05) is 0 Å². The second-order valence-electron chi connectivity index (χ2n) is 4.74. The molecular weight excluding hydrogens is 335 g/mol. The zero-order valence-electron chi connectivity index (χ0n) is 12.1. The molecule has 0 fully saturated rings. The van der Waals surface area contributed by atoms with E-state index in [4.69, 9.17) is 10.2 Å². The SMILES string of the molecule is O=C(O)Cc1cc(S(=O)(=O)[O-])c2cc(CC(=O)O)ccc2c1.[Na+]. The van der Waals surface area contributed by atoms with Crippen molar-refractivity contribution in [2.75, 3.05) is 0 Å². The van der Waals surface area contributed by atoms with Gasteiger partial charge in [0.2, 0.25) is 0 Å². The molecule has 9 heteroatoms. The van der Waals surface area contributed by atoms with E-state index in [9.17, 15) is 22.6 Å². The van der Waals surface area contributed by atoms with Gasteiger partial charge in [0.05, 0.1) is 17.7 Å². The molecule has 0 unspecified atom stereocenters. The van der Waals surface area contributed by atoms with E-state index in [2.05, 4.69) is 0 Å². The van der Waals surface area contributed by atoms with Gasteiger partial charge in [0.1, 0.15) is 10.1 Å². The van der Waals surface area contributed by atoms with Crippen LogP contribution in [0.3, 0.4) is 0 Å². The summed E-state index contributed by atoms with van der Waals surface area (Å²) in [6, 6.07) is 6.75. The summed E-state index contributed by atoms with van der Waals surface area (Å²) < 4.78 is 34.2. The van der Waals surface area contributed by atoms with Gasteiger partial charge < -0.3 is 14.8 Å². The molecule has 0 aliphatic heterocycles. The third-order valence-corrected chi connectivity index (χ3v) is 3.90. The minimum atomic E-state index is -4.82. The van der Waals surface area contributed by atoms with Crippen LogP contribution in [0.25, 0.3) is 10.8 Å². The Balaban J connectivity index is 0.00000264. The van der Waals surface area contributed by atoms with Gasteiger partial charge in [0.15, 0.2) is 0 Å². The fourth-order valence-electron chi connectivity index (χ4n) is 2.20. The number of hydrogen-bond acceptors (Lipinski definition) is 5. The molecule has 0 radical (unpaired) electrons. The number of benzene rings is 2. The van der Waals surface area contributed by atoms with Gasteiger partial charge in [0, 0.05) is 0 Å². The fourth-order valence-corrected chi connectivity index (χ4v) is 2.94. The number of fused-ring (bicyclic) bond motifs is 1. The number of aliphatic carboxylic acids is 2. The fraction of sp³-hybridized carbons (Fsp3) is 0.143. The standard InChI is InChI=1S/C14H12O7S.Na/c15-13(16)6-8-1-2-10-3-9(7-14(17)18)5-12(11(10)4-8)22(19,20)21;/h1-5H,6-7H2,(H,15,16)(H,17,18)(H,19,20,21);/q;+1/p-1. The molecule has 2 N–H and O–H groups in total. The van der Waals surface area contributed by atoms with Crippen LogP contribution in [0.15, 0.2) is 35.2 Å². The third kappa shape index (κ3) is 5.02. The van der Waals surface area contributed by atoms with Crippen molar-refractivity contribution in [1.82, 2.24) is 0 Å². The van der Waals surface area contributed by atoms with Crippen molar-refractivity contribution in [3.05, 3.63) is 41.5 Å². The summed E-state index contributed by atoms with van der Waals surface area (Å²) in [6.45, 7) is 0. The summed E-state index contributed by atoms with van der Waals surface area (Å²) in [5.41, 5.74) is 0.524. The van der Waals surface area contributed by atoms with Crippen LogP contribution >= 0.6 is 0 Å². The molecule has 0 spiro atoms. The van der Waals surface area contributed by atoms with E-state index >= 15 is 0 Å². The van der Waals surface area contributed by atoms with Crippen LogP contribution < -0.4 is 29.6 Å². The van der Waals surface area contributed by atoms with Crippen molar-refractivity contribution < 1.29 is 62.3 Å². The van der Waals surface area contributed by atoms with Crippen LogP contribution in [0.5, 0.6) is 0 Å². The van der Waals surface area contributed by atoms with Gasteiger partial charge in [-0.1, -0.05) is 18.2 Å². The van der Waals surface area contributed by atoms with Gasteiger partial charge in [-0.3, -0.25) is 9.59 Å². The van der Waals surface area contributed by atoms with Crippen LogP contribution in [0, 0.1) is 0 Å². The molecule has 7 nitrogen and oxygen atoms in total. The van der Waals surface area contributed by atoms with Crippen LogP contribution in [-0.2, 0) is 32.5 Å². The molecule has 2 aromatic carbocycles. The first-order chi connectivity index (χ1) is 10.2. The van der Waals surface area contributed by atoms with Crippen molar-refractivity contribution in [3.63, 3.8) is 0 Å². The summed E-state index contributed by atoms with van der Waals surface area (Å²) in [4.78, 5) is 20.9. The summed E-state index contributed by atoms with van der Waals surface area (Å²) in [6.07, 6.45) is -0.736. The van der Waals surface area contributed by atoms with E-state index in [1.54, 1.807) is 0 Å². The topological polar surface area (TPSA) is 132 Å². The molecule has 0 aliphatic rings. The molecule has 23 heavy (non-hydrogen) atoms. The molecule has 0 saturated heterocycles. The van der Waals surface area contributed by atoms with Crippen LogP contribution in [0.1, 0.15) is 11.1 Å². The predicted octanol–water partition coefficient (Wildman–Crippen LogP) is -2.00. The first-order valence-corrected chi connectivity index (χ1v) is 7.52. The van der Waals surface area contributed by atoms with Crippen molar-refractivity contribution in [2.45, 2.75) is 17.7 Å². The second kappa shape index (κ2) is 7.41. The Morgan fingerprint density at radius 3 is 2.04 bits per heavy atom. The first-order valence-electron chi connectivity index (χ1n) is 6.12. The zero-order chi connectivity index (χ0) is 16.5. The van der Waals surface area contributed by atoms with Crippen LogP contribution in [0.4, 0.5) is 0 Å². The molecule has 0 aromatic heterocycles. The molecule has 2 rings (SSSR count). The van der Waals surface area contributed by atoms with Gasteiger partial charge in [-0.25, -0.2) is 8.42 Å². The van der Waals surface area contributed by atoms with Crippen molar-refractivity contribution in [3.8, 4) is 0 Å². The maximum absolute atomic E-state index is 11.4. The molecule has 116 valence electrons. The summed E-state index contributed by atoms with van der Waals surface area (Å²) >= 11 is 0. The minimum Gasteiger partial charge on any atom is -0.744 e. The zero-order valence-corrected chi connectivity index (χ0v) is 15.0. The molecule has 0 aliphatic carbocycles. The number of rotatable bonds is 5. The van der Waals surface area contributed by atoms with E-state index < -0.39 is 33.4 Å². The largest absolute Gasteiger partial charge is 1.00 e. The Bertz CT molecular complexity index is 874. The monoisotopic (exact) mass is 346 g/mol. The maximum atomic E-state index is 11.4. The first kappa shape index (κ1) is 19.6. The van der Waals surface area contributed by atoms with Crippen LogP contribution in [0.2, 0.25) is 0 Å². The van der Waals surface area contributed by atoms with Gasteiger partial charge >= 0.3 is 41.5 Å². The third-order valence-electron chi connectivity index (χ3n) is 3.02. The Hall–Kier alpha value is -1.45. The molecular formula is C14H11NaO7S. The molecule has 0 bridgehead atoms. The number of hydrogen-bond donors (Lipinski definition) is 2. The van der Waals surface area contributed by atoms with Crippen molar-refractivity contribution >= 4 is 32.8 Å². The average molecular weight is 346 g/mol. The van der Waals surface area contributed by atoms with E-state index in [0.29, 0.717) is 10.9 Å². The molecule has 0 heterocycles. The van der Waals surface area contributed by atoms with Gasteiger partial charge in [-0.05, 0) is 34.0 Å². The molecule has 0 amide bonds. The minimum absolute atomic E-state index is 0. The average Bonchev–Trinajstić information content (AvgIpc) is 2.35. The van der Waals surface area contributed by atoms with Crippen molar-refractivity contribution in [1.29, 1.82) is 0 Å².